The Morgan fingerprint density at radius 1 is 1.43 bits per heavy atom. The molecule has 14 heavy (non-hydrogen) atoms. The first-order valence-electron chi connectivity index (χ1n) is 4.13. The fraction of sp³-hybridized carbons (Fsp3) is 0.111. The lowest BCUT2D eigenvalue weighted by Crippen LogP contribution is -1.96. The summed E-state index contributed by atoms with van der Waals surface area (Å²) in [5.74, 6) is 0. The van der Waals surface area contributed by atoms with E-state index in [0.29, 0.717) is 6.54 Å². The number of pyridine rings is 1. The maximum atomic E-state index is 5.47. The normalized spacial score (nSPS) is 10.4. The monoisotopic (exact) mass is 252 g/mol. The van der Waals surface area contributed by atoms with Gasteiger partial charge < -0.3 is 10.3 Å². The predicted molar refractivity (Wildman–Crippen MR) is 57.0 cm³/mol. The van der Waals surface area contributed by atoms with Crippen molar-refractivity contribution in [1.29, 1.82) is 0 Å². The van der Waals surface area contributed by atoms with Gasteiger partial charge in [0.2, 0.25) is 0 Å². The van der Waals surface area contributed by atoms with Crippen LogP contribution >= 0.6 is 15.9 Å². The summed E-state index contributed by atoms with van der Waals surface area (Å²) >= 11 is 3.36. The molecule has 0 aliphatic heterocycles. The van der Waals surface area contributed by atoms with E-state index in [-0.39, 0.29) is 0 Å². The molecule has 2 aromatic rings. The number of nitrogens with two attached hydrogens (primary N) is 1. The van der Waals surface area contributed by atoms with E-state index < -0.39 is 0 Å². The molecule has 2 N–H and O–H groups in total. The molecule has 0 radical (unpaired) electrons. The zero-order valence-electron chi connectivity index (χ0n) is 7.39. The summed E-state index contributed by atoms with van der Waals surface area (Å²) in [6.45, 7) is 0.453. The molecule has 0 aliphatic carbocycles. The number of hydrogen-bond donors (Lipinski definition) is 1. The molecule has 2 rings (SSSR count). The van der Waals surface area contributed by atoms with Gasteiger partial charge in [-0.05, 0) is 22.0 Å². The van der Waals surface area contributed by atoms with E-state index in [1.54, 1.807) is 18.7 Å². The Bertz CT molecular complexity index is 438. The Morgan fingerprint density at radius 3 is 2.93 bits per heavy atom. The standard InChI is InChI=1S/C9H9BrN4/c10-7-1-9(4-12-3-7)14-5-8(2-11)13-6-14/h1,3-6H,2,11H2. The van der Waals surface area contributed by atoms with E-state index >= 15 is 0 Å². The van der Waals surface area contributed by atoms with Crippen molar-refractivity contribution in [3.8, 4) is 5.69 Å². The van der Waals surface area contributed by atoms with Gasteiger partial charge in [-0.3, -0.25) is 4.98 Å². The first-order chi connectivity index (χ1) is 6.79. The van der Waals surface area contributed by atoms with E-state index in [2.05, 4.69) is 25.9 Å². The molecule has 0 fully saturated rings. The molecule has 0 unspecified atom stereocenters. The van der Waals surface area contributed by atoms with Gasteiger partial charge in [-0.15, -0.1) is 0 Å². The summed E-state index contributed by atoms with van der Waals surface area (Å²) < 4.78 is 2.83. The second-order valence-electron chi connectivity index (χ2n) is 2.84. The summed E-state index contributed by atoms with van der Waals surface area (Å²) in [4.78, 5) is 8.20. The van der Waals surface area contributed by atoms with Crippen molar-refractivity contribution >= 4 is 15.9 Å². The summed E-state index contributed by atoms with van der Waals surface area (Å²) in [6, 6.07) is 1.97. The number of aromatic nitrogens is 3. The van der Waals surface area contributed by atoms with E-state index in [1.165, 1.54) is 0 Å². The molecule has 0 spiro atoms. The number of rotatable bonds is 2. The maximum absolute atomic E-state index is 5.47. The van der Waals surface area contributed by atoms with Crippen molar-refractivity contribution in [2.75, 3.05) is 0 Å². The number of hydrogen-bond acceptors (Lipinski definition) is 3. The van der Waals surface area contributed by atoms with Crippen LogP contribution in [0.15, 0.2) is 35.5 Å². The molecule has 0 amide bonds. The highest BCUT2D eigenvalue weighted by atomic mass is 79.9. The lowest BCUT2D eigenvalue weighted by atomic mass is 10.4. The van der Waals surface area contributed by atoms with Gasteiger partial charge >= 0.3 is 0 Å². The predicted octanol–water partition coefficient (Wildman–Crippen LogP) is 1.49. The molecule has 0 atom stereocenters. The van der Waals surface area contributed by atoms with Crippen LogP contribution in [0.5, 0.6) is 0 Å². The highest BCUT2D eigenvalue weighted by Gasteiger charge is 1.99. The van der Waals surface area contributed by atoms with Crippen LogP contribution in [0.4, 0.5) is 0 Å². The maximum Gasteiger partial charge on any atom is 0.0996 e. The average molecular weight is 253 g/mol. The zero-order chi connectivity index (χ0) is 9.97. The highest BCUT2D eigenvalue weighted by molar-refractivity contribution is 9.10. The molecular formula is C9H9BrN4. The molecule has 0 saturated carbocycles. The second kappa shape index (κ2) is 3.89. The van der Waals surface area contributed by atoms with Gasteiger partial charge in [-0.2, -0.15) is 0 Å². The molecule has 4 nitrogen and oxygen atoms in total. The molecule has 72 valence electrons. The van der Waals surface area contributed by atoms with Crippen LogP contribution < -0.4 is 5.73 Å². The largest absolute Gasteiger partial charge is 0.325 e. The molecule has 5 heteroatoms. The van der Waals surface area contributed by atoms with Crippen LogP contribution in [0.1, 0.15) is 5.69 Å². The van der Waals surface area contributed by atoms with Crippen LogP contribution in [0.3, 0.4) is 0 Å². The van der Waals surface area contributed by atoms with Gasteiger partial charge in [0.15, 0.2) is 0 Å². The highest BCUT2D eigenvalue weighted by Crippen LogP contribution is 2.13. The molecule has 0 aromatic carbocycles. The summed E-state index contributed by atoms with van der Waals surface area (Å²) in [5.41, 5.74) is 7.30. The van der Waals surface area contributed by atoms with Crippen molar-refractivity contribution in [3.05, 3.63) is 41.2 Å². The van der Waals surface area contributed by atoms with Gasteiger partial charge in [0.25, 0.3) is 0 Å². The fourth-order valence-electron chi connectivity index (χ4n) is 1.15. The summed E-state index contributed by atoms with van der Waals surface area (Å²) in [6.07, 6.45) is 7.13. The van der Waals surface area contributed by atoms with Gasteiger partial charge in [-0.25, -0.2) is 4.98 Å². The molecule has 2 heterocycles. The topological polar surface area (TPSA) is 56.7 Å². The van der Waals surface area contributed by atoms with Crippen LogP contribution in [0, 0.1) is 0 Å². The van der Waals surface area contributed by atoms with Crippen LogP contribution in [-0.2, 0) is 6.54 Å². The third-order valence-corrected chi connectivity index (χ3v) is 2.27. The Balaban J connectivity index is 2.39. The zero-order valence-corrected chi connectivity index (χ0v) is 8.98. The molecule has 2 aromatic heterocycles. The Morgan fingerprint density at radius 2 is 2.29 bits per heavy atom. The van der Waals surface area contributed by atoms with E-state index in [9.17, 15) is 0 Å². The summed E-state index contributed by atoms with van der Waals surface area (Å²) in [7, 11) is 0. The summed E-state index contributed by atoms with van der Waals surface area (Å²) in [5, 5.41) is 0. The SMILES string of the molecule is NCc1cn(-c2cncc(Br)c2)cn1. The number of nitrogens with zero attached hydrogens (tertiary/aromatic N) is 3. The van der Waals surface area contributed by atoms with Crippen molar-refractivity contribution < 1.29 is 0 Å². The van der Waals surface area contributed by atoms with Crippen molar-refractivity contribution in [2.24, 2.45) is 5.73 Å². The number of imidazole rings is 1. The van der Waals surface area contributed by atoms with Crippen LogP contribution in [0.25, 0.3) is 5.69 Å². The number of halogens is 1. The average Bonchev–Trinajstić information content (AvgIpc) is 2.66. The minimum Gasteiger partial charge on any atom is -0.325 e. The van der Waals surface area contributed by atoms with Crippen LogP contribution in [0.2, 0.25) is 0 Å². The van der Waals surface area contributed by atoms with Gasteiger partial charge in [0, 0.05) is 23.4 Å². The Kier molecular flexibility index (Phi) is 2.60. The smallest absolute Gasteiger partial charge is 0.0996 e. The third kappa shape index (κ3) is 1.83. The molecular weight excluding hydrogens is 244 g/mol. The molecule has 0 bridgehead atoms. The van der Waals surface area contributed by atoms with Crippen LogP contribution in [-0.4, -0.2) is 14.5 Å². The fourth-order valence-corrected chi connectivity index (χ4v) is 1.50. The second-order valence-corrected chi connectivity index (χ2v) is 3.75. The molecule has 0 aliphatic rings. The third-order valence-electron chi connectivity index (χ3n) is 1.83. The lowest BCUT2D eigenvalue weighted by Gasteiger charge is -2.00. The molecule has 0 saturated heterocycles. The Labute approximate surface area is 89.9 Å². The van der Waals surface area contributed by atoms with E-state index in [1.807, 2.05) is 16.8 Å². The minimum atomic E-state index is 0.453. The van der Waals surface area contributed by atoms with Gasteiger partial charge in [0.1, 0.15) is 0 Å². The van der Waals surface area contributed by atoms with E-state index in [0.717, 1.165) is 15.9 Å². The first kappa shape index (κ1) is 9.36. The van der Waals surface area contributed by atoms with Crippen molar-refractivity contribution in [3.63, 3.8) is 0 Å². The minimum absolute atomic E-state index is 0.453. The quantitative estimate of drug-likeness (QED) is 0.882. The van der Waals surface area contributed by atoms with Gasteiger partial charge in [-0.1, -0.05) is 0 Å². The van der Waals surface area contributed by atoms with Crippen molar-refractivity contribution in [2.45, 2.75) is 6.54 Å². The van der Waals surface area contributed by atoms with Gasteiger partial charge in [0.05, 0.1) is 23.9 Å². The lowest BCUT2D eigenvalue weighted by molar-refractivity contribution is 1.01. The Hall–Kier alpha value is -1.20. The van der Waals surface area contributed by atoms with E-state index in [4.69, 9.17) is 5.73 Å². The van der Waals surface area contributed by atoms with Crippen molar-refractivity contribution in [1.82, 2.24) is 14.5 Å². The first-order valence-corrected chi connectivity index (χ1v) is 4.93.